The molecule has 4 nitrogen and oxygen atoms in total. The molecule has 4 heterocycles. The van der Waals surface area contributed by atoms with Crippen molar-refractivity contribution >= 4 is 33.4 Å². The summed E-state index contributed by atoms with van der Waals surface area (Å²) in [5, 5.41) is 0.823. The zero-order valence-corrected chi connectivity index (χ0v) is 16.7. The predicted octanol–water partition coefficient (Wildman–Crippen LogP) is 3.56. The summed E-state index contributed by atoms with van der Waals surface area (Å²) in [6, 6.07) is 0.407. The molecule has 4 atom stereocenters. The highest BCUT2D eigenvalue weighted by molar-refractivity contribution is 8.77. The van der Waals surface area contributed by atoms with Crippen molar-refractivity contribution in [2.75, 3.05) is 25.4 Å². The van der Waals surface area contributed by atoms with Crippen LogP contribution in [0.2, 0.25) is 0 Å². The minimum atomic E-state index is 0.355. The normalized spacial score (nSPS) is 35.0. The lowest BCUT2D eigenvalue weighted by molar-refractivity contribution is -0.148. The number of hydrogen-bond acceptors (Lipinski definition) is 4. The van der Waals surface area contributed by atoms with Gasteiger partial charge in [0.15, 0.2) is 0 Å². The molecule has 0 spiro atoms. The molecule has 0 aromatic carbocycles. The first-order valence-corrected chi connectivity index (χ1v) is 12.4. The van der Waals surface area contributed by atoms with Gasteiger partial charge < -0.3 is 9.80 Å². The monoisotopic (exact) mass is 382 g/mol. The Bertz CT molecular complexity index is 510. The summed E-state index contributed by atoms with van der Waals surface area (Å²) < 4.78 is 0. The number of unbranched alkanes of at least 4 members (excludes halogenated alkanes) is 1. The van der Waals surface area contributed by atoms with E-state index in [0.717, 1.165) is 57.0 Å². The second kappa shape index (κ2) is 8.12. The SMILES string of the molecule is O=C(CCCCC1CCSS1)N1CC2CC(C1)C1CCCC(=O)N1C2. The van der Waals surface area contributed by atoms with Gasteiger partial charge in [0.1, 0.15) is 0 Å². The second-order valence-electron chi connectivity index (χ2n) is 8.24. The Kier molecular flexibility index (Phi) is 5.85. The Morgan fingerprint density at radius 1 is 1.16 bits per heavy atom. The van der Waals surface area contributed by atoms with Gasteiger partial charge in [-0.15, -0.1) is 0 Å². The van der Waals surface area contributed by atoms with Crippen molar-refractivity contribution in [2.45, 2.75) is 69.1 Å². The smallest absolute Gasteiger partial charge is 0.222 e. The van der Waals surface area contributed by atoms with Gasteiger partial charge in [-0.1, -0.05) is 28.0 Å². The van der Waals surface area contributed by atoms with Crippen LogP contribution in [-0.4, -0.2) is 58.3 Å². The van der Waals surface area contributed by atoms with Crippen molar-refractivity contribution in [1.82, 2.24) is 9.80 Å². The maximum absolute atomic E-state index is 12.7. The number of carbonyl (C=O) groups is 2. The summed E-state index contributed by atoms with van der Waals surface area (Å²) in [5.74, 6) is 3.04. The molecule has 4 rings (SSSR count). The number of piperidine rings is 3. The Morgan fingerprint density at radius 3 is 2.92 bits per heavy atom. The van der Waals surface area contributed by atoms with E-state index in [1.165, 1.54) is 31.4 Å². The first-order valence-electron chi connectivity index (χ1n) is 10.1. The van der Waals surface area contributed by atoms with Gasteiger partial charge in [0.25, 0.3) is 0 Å². The third kappa shape index (κ3) is 4.15. The lowest BCUT2D eigenvalue weighted by Gasteiger charge is -2.52. The van der Waals surface area contributed by atoms with Crippen LogP contribution in [0.15, 0.2) is 0 Å². The van der Waals surface area contributed by atoms with E-state index < -0.39 is 0 Å². The minimum Gasteiger partial charge on any atom is -0.342 e. The van der Waals surface area contributed by atoms with Crippen LogP contribution in [0.5, 0.6) is 0 Å². The van der Waals surface area contributed by atoms with Gasteiger partial charge >= 0.3 is 0 Å². The van der Waals surface area contributed by atoms with Crippen molar-refractivity contribution in [3.8, 4) is 0 Å². The van der Waals surface area contributed by atoms with Gasteiger partial charge in [-0.05, 0) is 50.4 Å². The summed E-state index contributed by atoms with van der Waals surface area (Å²) in [4.78, 5) is 29.2. The van der Waals surface area contributed by atoms with Gasteiger partial charge in [-0.25, -0.2) is 0 Å². The van der Waals surface area contributed by atoms with E-state index in [2.05, 4.69) is 9.80 Å². The quantitative estimate of drug-likeness (QED) is 0.538. The average Bonchev–Trinajstić information content (AvgIpc) is 3.13. The number of fused-ring (bicyclic) bond motifs is 4. The molecule has 0 N–H and O–H groups in total. The molecule has 0 saturated carbocycles. The summed E-state index contributed by atoms with van der Waals surface area (Å²) in [7, 11) is 4.04. The molecule has 0 aromatic heterocycles. The number of nitrogens with zero attached hydrogens (tertiary/aromatic N) is 2. The minimum absolute atomic E-state index is 0.355. The van der Waals surface area contributed by atoms with Crippen LogP contribution in [0.25, 0.3) is 0 Å². The molecule has 0 aliphatic carbocycles. The van der Waals surface area contributed by atoms with Crippen molar-refractivity contribution < 1.29 is 9.59 Å². The van der Waals surface area contributed by atoms with E-state index in [9.17, 15) is 9.59 Å². The average molecular weight is 383 g/mol. The molecule has 4 aliphatic rings. The lowest BCUT2D eigenvalue weighted by Crippen LogP contribution is -2.61. The van der Waals surface area contributed by atoms with E-state index in [0.29, 0.717) is 29.7 Å². The van der Waals surface area contributed by atoms with Crippen molar-refractivity contribution in [2.24, 2.45) is 11.8 Å². The highest BCUT2D eigenvalue weighted by Crippen LogP contribution is 2.40. The molecular formula is C19H30N2O2S2. The third-order valence-electron chi connectivity index (χ3n) is 6.43. The fraction of sp³-hybridized carbons (Fsp3) is 0.895. The van der Waals surface area contributed by atoms with E-state index in [-0.39, 0.29) is 0 Å². The van der Waals surface area contributed by atoms with Gasteiger partial charge in [0, 0.05) is 49.5 Å². The van der Waals surface area contributed by atoms with Gasteiger partial charge in [-0.2, -0.15) is 0 Å². The number of hydrogen-bond donors (Lipinski definition) is 0. The Labute approximate surface area is 159 Å². The number of amides is 2. The van der Waals surface area contributed by atoms with E-state index in [1.54, 1.807) is 0 Å². The molecule has 2 amide bonds. The van der Waals surface area contributed by atoms with E-state index in [4.69, 9.17) is 0 Å². The van der Waals surface area contributed by atoms with Crippen LogP contribution in [-0.2, 0) is 9.59 Å². The summed E-state index contributed by atoms with van der Waals surface area (Å²) in [5.41, 5.74) is 0. The molecule has 25 heavy (non-hydrogen) atoms. The van der Waals surface area contributed by atoms with E-state index in [1.807, 2.05) is 21.6 Å². The molecular weight excluding hydrogens is 352 g/mol. The Hall–Kier alpha value is -0.360. The molecule has 140 valence electrons. The summed E-state index contributed by atoms with van der Waals surface area (Å²) in [6.07, 6.45) is 9.69. The van der Waals surface area contributed by atoms with Gasteiger partial charge in [0.2, 0.25) is 11.8 Å². The fourth-order valence-electron chi connectivity index (χ4n) is 5.18. The summed E-state index contributed by atoms with van der Waals surface area (Å²) >= 11 is 0. The van der Waals surface area contributed by atoms with Crippen LogP contribution in [0.4, 0.5) is 0 Å². The second-order valence-corrected chi connectivity index (χ2v) is 11.0. The number of likely N-dealkylation sites (tertiary alicyclic amines) is 1. The van der Waals surface area contributed by atoms with E-state index >= 15 is 0 Å². The van der Waals surface area contributed by atoms with Crippen LogP contribution >= 0.6 is 21.6 Å². The highest BCUT2D eigenvalue weighted by Gasteiger charge is 2.44. The number of rotatable bonds is 5. The maximum Gasteiger partial charge on any atom is 0.222 e. The molecule has 4 saturated heterocycles. The van der Waals surface area contributed by atoms with Crippen molar-refractivity contribution in [1.29, 1.82) is 0 Å². The first-order chi connectivity index (χ1) is 12.2. The molecule has 6 heteroatoms. The van der Waals surface area contributed by atoms with Crippen LogP contribution < -0.4 is 0 Å². The molecule has 0 aromatic rings. The molecule has 4 fully saturated rings. The lowest BCUT2D eigenvalue weighted by atomic mass is 9.76. The largest absolute Gasteiger partial charge is 0.342 e. The zero-order chi connectivity index (χ0) is 17.2. The van der Waals surface area contributed by atoms with Gasteiger partial charge in [0.05, 0.1) is 0 Å². The molecule has 2 bridgehead atoms. The third-order valence-corrected chi connectivity index (χ3v) is 9.43. The predicted molar refractivity (Wildman–Crippen MR) is 104 cm³/mol. The topological polar surface area (TPSA) is 40.6 Å². The Morgan fingerprint density at radius 2 is 2.08 bits per heavy atom. The molecule has 4 unspecified atom stereocenters. The number of carbonyl (C=O) groups excluding carboxylic acids is 2. The van der Waals surface area contributed by atoms with Crippen molar-refractivity contribution in [3.63, 3.8) is 0 Å². The molecule has 0 radical (unpaired) electrons. The zero-order valence-electron chi connectivity index (χ0n) is 15.0. The first kappa shape index (κ1) is 18.0. The van der Waals surface area contributed by atoms with Crippen LogP contribution in [0.3, 0.4) is 0 Å². The van der Waals surface area contributed by atoms with Crippen LogP contribution in [0, 0.1) is 11.8 Å². The van der Waals surface area contributed by atoms with Crippen LogP contribution in [0.1, 0.15) is 57.8 Å². The maximum atomic E-state index is 12.7. The van der Waals surface area contributed by atoms with Crippen molar-refractivity contribution in [3.05, 3.63) is 0 Å². The summed E-state index contributed by atoms with van der Waals surface area (Å²) in [6.45, 7) is 2.65. The Balaban J connectivity index is 1.25. The van der Waals surface area contributed by atoms with Gasteiger partial charge in [-0.3, -0.25) is 9.59 Å². The standard InChI is InChI=1S/C19H30N2O2S2/c22-18(6-2-1-4-16-8-9-24-25-16)20-11-14-10-15(13-20)17-5-3-7-19(23)21(17)12-14/h14-17H,1-13H2. The highest BCUT2D eigenvalue weighted by atomic mass is 33.1. The molecule has 4 aliphatic heterocycles. The fourth-order valence-corrected chi connectivity index (χ4v) is 8.21.